The quantitative estimate of drug-likeness (QED) is 0.404. The van der Waals surface area contributed by atoms with E-state index in [1.165, 1.54) is 19.2 Å². The lowest BCUT2D eigenvalue weighted by atomic mass is 10.3. The molecule has 0 bridgehead atoms. The summed E-state index contributed by atoms with van der Waals surface area (Å²) < 4.78 is 30.8. The van der Waals surface area contributed by atoms with Crippen LogP contribution in [0.3, 0.4) is 0 Å². The van der Waals surface area contributed by atoms with E-state index >= 15 is 0 Å². The highest BCUT2D eigenvalue weighted by atomic mass is 35.5. The van der Waals surface area contributed by atoms with E-state index in [0.29, 0.717) is 0 Å². The number of sulfonamides is 1. The van der Waals surface area contributed by atoms with Gasteiger partial charge in [-0.05, 0) is 12.1 Å². The van der Waals surface area contributed by atoms with Gasteiger partial charge in [0.2, 0.25) is 10.0 Å². The van der Waals surface area contributed by atoms with Gasteiger partial charge in [0.1, 0.15) is 0 Å². The number of ether oxygens (including phenoxy) is 1. The van der Waals surface area contributed by atoms with Crippen molar-refractivity contribution in [1.29, 1.82) is 0 Å². The summed E-state index contributed by atoms with van der Waals surface area (Å²) in [7, 11) is -2.63. The second-order valence-corrected chi connectivity index (χ2v) is 6.57. The maximum absolute atomic E-state index is 12.4. The first-order chi connectivity index (χ1) is 9.88. The van der Waals surface area contributed by atoms with Gasteiger partial charge in [0.15, 0.2) is 5.75 Å². The van der Waals surface area contributed by atoms with Crippen LogP contribution in [0.2, 0.25) is 0 Å². The minimum Gasteiger partial charge on any atom is -0.490 e. The van der Waals surface area contributed by atoms with Crippen LogP contribution in [0.5, 0.6) is 5.75 Å². The van der Waals surface area contributed by atoms with Gasteiger partial charge in [0.05, 0.1) is 16.9 Å². The normalized spacial score (nSPS) is 11.6. The maximum Gasteiger partial charge on any atom is 0.312 e. The molecule has 0 atom stereocenters. The molecule has 0 radical (unpaired) electrons. The second-order valence-electron chi connectivity index (χ2n) is 3.87. The molecule has 0 spiro atoms. The molecule has 0 aliphatic carbocycles. The fourth-order valence-electron chi connectivity index (χ4n) is 1.66. The van der Waals surface area contributed by atoms with Crippen LogP contribution in [-0.4, -0.2) is 49.6 Å². The summed E-state index contributed by atoms with van der Waals surface area (Å²) in [6.07, 6.45) is 0. The first-order valence-electron chi connectivity index (χ1n) is 5.83. The zero-order chi connectivity index (χ0) is 16.0. The Morgan fingerprint density at radius 3 is 2.29 bits per heavy atom. The molecule has 0 fully saturated rings. The molecule has 10 heteroatoms. The topological polar surface area (TPSA) is 89.8 Å². The Morgan fingerprint density at radius 2 is 1.86 bits per heavy atom. The van der Waals surface area contributed by atoms with E-state index in [1.54, 1.807) is 0 Å². The third-order valence-electron chi connectivity index (χ3n) is 2.65. The van der Waals surface area contributed by atoms with Gasteiger partial charge in [-0.15, -0.1) is 23.2 Å². The van der Waals surface area contributed by atoms with E-state index in [9.17, 15) is 18.5 Å². The van der Waals surface area contributed by atoms with Crippen LogP contribution in [0.15, 0.2) is 23.1 Å². The molecule has 0 aliphatic heterocycles. The van der Waals surface area contributed by atoms with Crippen molar-refractivity contribution < 1.29 is 18.1 Å². The summed E-state index contributed by atoms with van der Waals surface area (Å²) >= 11 is 11.2. The number of rotatable bonds is 8. The van der Waals surface area contributed by atoms with Crippen LogP contribution in [-0.2, 0) is 10.0 Å². The van der Waals surface area contributed by atoms with Crippen molar-refractivity contribution in [3.8, 4) is 5.75 Å². The highest BCUT2D eigenvalue weighted by Gasteiger charge is 2.27. The molecule has 118 valence electrons. The van der Waals surface area contributed by atoms with E-state index in [-0.39, 0.29) is 35.5 Å². The van der Waals surface area contributed by atoms with Crippen LogP contribution in [0.25, 0.3) is 0 Å². The van der Waals surface area contributed by atoms with E-state index in [0.717, 1.165) is 10.4 Å². The Morgan fingerprint density at radius 1 is 1.29 bits per heavy atom. The standard InChI is InChI=1S/C11H14Cl2N2O5S/c1-20-11-3-2-9(8-10(11)15(16)17)21(18,19)14(6-4-12)7-5-13/h2-3,8H,4-7H2,1H3. The number of nitro benzene ring substituents is 1. The van der Waals surface area contributed by atoms with Gasteiger partial charge < -0.3 is 4.74 Å². The number of nitrogens with zero attached hydrogens (tertiary/aromatic N) is 2. The van der Waals surface area contributed by atoms with E-state index in [4.69, 9.17) is 27.9 Å². The molecule has 0 aliphatic rings. The SMILES string of the molecule is COc1ccc(S(=O)(=O)N(CCCl)CCCl)cc1[N+](=O)[O-]. The monoisotopic (exact) mass is 356 g/mol. The summed E-state index contributed by atoms with van der Waals surface area (Å²) in [5.74, 6) is 0.170. The van der Waals surface area contributed by atoms with Gasteiger partial charge in [0.25, 0.3) is 0 Å². The molecule has 0 saturated carbocycles. The van der Waals surface area contributed by atoms with Crippen LogP contribution in [0, 0.1) is 10.1 Å². The molecule has 1 aromatic rings. The third kappa shape index (κ3) is 4.19. The molecular weight excluding hydrogens is 343 g/mol. The summed E-state index contributed by atoms with van der Waals surface area (Å²) in [5, 5.41) is 11.0. The molecular formula is C11H14Cl2N2O5S. The number of nitro groups is 1. The fraction of sp³-hybridized carbons (Fsp3) is 0.455. The highest BCUT2D eigenvalue weighted by Crippen LogP contribution is 2.30. The summed E-state index contributed by atoms with van der Waals surface area (Å²) in [6.45, 7) is 0.132. The van der Waals surface area contributed by atoms with Crippen LogP contribution in [0.4, 0.5) is 5.69 Å². The Bertz CT molecular complexity index is 603. The average molecular weight is 357 g/mol. The van der Waals surface area contributed by atoms with Gasteiger partial charge >= 0.3 is 5.69 Å². The largest absolute Gasteiger partial charge is 0.490 e. The number of halogens is 2. The van der Waals surface area contributed by atoms with Crippen molar-refractivity contribution in [3.63, 3.8) is 0 Å². The van der Waals surface area contributed by atoms with Crippen molar-refractivity contribution in [2.45, 2.75) is 4.90 Å². The number of hydrogen-bond acceptors (Lipinski definition) is 5. The Kier molecular flexibility index (Phi) is 6.66. The zero-order valence-electron chi connectivity index (χ0n) is 11.2. The van der Waals surface area contributed by atoms with Crippen molar-refractivity contribution in [2.75, 3.05) is 32.0 Å². The number of benzene rings is 1. The summed E-state index contributed by atoms with van der Waals surface area (Å²) in [5.41, 5.74) is -0.421. The zero-order valence-corrected chi connectivity index (χ0v) is 13.5. The number of alkyl halides is 2. The van der Waals surface area contributed by atoms with Crippen LogP contribution >= 0.6 is 23.2 Å². The smallest absolute Gasteiger partial charge is 0.312 e. The first-order valence-corrected chi connectivity index (χ1v) is 8.34. The van der Waals surface area contributed by atoms with Crippen molar-refractivity contribution >= 4 is 38.9 Å². The lowest BCUT2D eigenvalue weighted by Gasteiger charge is -2.20. The lowest BCUT2D eigenvalue weighted by molar-refractivity contribution is -0.386. The maximum atomic E-state index is 12.4. The minimum absolute atomic E-state index is 0.0137. The average Bonchev–Trinajstić information content (AvgIpc) is 2.46. The van der Waals surface area contributed by atoms with Crippen LogP contribution < -0.4 is 4.74 Å². The van der Waals surface area contributed by atoms with Gasteiger partial charge in [-0.2, -0.15) is 4.31 Å². The van der Waals surface area contributed by atoms with E-state index < -0.39 is 20.6 Å². The molecule has 1 aromatic carbocycles. The molecule has 1 rings (SSSR count). The van der Waals surface area contributed by atoms with Crippen molar-refractivity contribution in [2.24, 2.45) is 0 Å². The summed E-state index contributed by atoms with van der Waals surface area (Å²) in [6, 6.07) is 3.45. The van der Waals surface area contributed by atoms with Crippen molar-refractivity contribution in [1.82, 2.24) is 4.31 Å². The number of methoxy groups -OCH3 is 1. The second kappa shape index (κ2) is 7.79. The van der Waals surface area contributed by atoms with Gasteiger partial charge in [-0.3, -0.25) is 10.1 Å². The first kappa shape index (κ1) is 18.0. The Balaban J connectivity index is 3.30. The molecule has 0 N–H and O–H groups in total. The molecule has 21 heavy (non-hydrogen) atoms. The van der Waals surface area contributed by atoms with Gasteiger partial charge in [-0.25, -0.2) is 8.42 Å². The van der Waals surface area contributed by atoms with Gasteiger partial charge in [0, 0.05) is 30.9 Å². The molecule has 0 unspecified atom stereocenters. The molecule has 0 amide bonds. The Hall–Kier alpha value is -1.09. The van der Waals surface area contributed by atoms with E-state index in [2.05, 4.69) is 0 Å². The molecule has 0 heterocycles. The van der Waals surface area contributed by atoms with Crippen LogP contribution in [0.1, 0.15) is 0 Å². The van der Waals surface area contributed by atoms with Gasteiger partial charge in [-0.1, -0.05) is 0 Å². The molecule has 0 saturated heterocycles. The molecule has 7 nitrogen and oxygen atoms in total. The predicted octanol–water partition coefficient (Wildman–Crippen LogP) is 2.07. The lowest BCUT2D eigenvalue weighted by Crippen LogP contribution is -2.34. The summed E-state index contributed by atoms with van der Waals surface area (Å²) in [4.78, 5) is 10.0. The molecule has 0 aromatic heterocycles. The fourth-order valence-corrected chi connectivity index (χ4v) is 3.73. The minimum atomic E-state index is -3.90. The highest BCUT2D eigenvalue weighted by molar-refractivity contribution is 7.89. The van der Waals surface area contributed by atoms with Crippen molar-refractivity contribution in [3.05, 3.63) is 28.3 Å². The Labute approximate surface area is 132 Å². The number of hydrogen-bond donors (Lipinski definition) is 0. The van der Waals surface area contributed by atoms with E-state index in [1.807, 2.05) is 0 Å². The third-order valence-corrected chi connectivity index (χ3v) is 4.89. The predicted molar refractivity (Wildman–Crippen MR) is 79.8 cm³/mol.